The maximum Gasteiger partial charge on any atom is 0.0629 e. The molecule has 5 aromatic rings. The Morgan fingerprint density at radius 3 is 1.74 bits per heavy atom. The van der Waals surface area contributed by atoms with Crippen LogP contribution in [-0.4, -0.2) is 12.1 Å². The number of hydrogen-bond donors (Lipinski definition) is 0. The molecule has 240 valence electrons. The summed E-state index contributed by atoms with van der Waals surface area (Å²) in [4.78, 5) is 5.13. The first-order valence-corrected chi connectivity index (χ1v) is 18.0. The number of benzene rings is 5. The molecular weight excluding hydrogens is 605 g/mol. The van der Waals surface area contributed by atoms with E-state index < -0.39 is 0 Å². The first kappa shape index (κ1) is 29.1. The Labute approximate surface area is 295 Å². The Morgan fingerprint density at radius 1 is 0.480 bits per heavy atom. The summed E-state index contributed by atoms with van der Waals surface area (Å²) in [5.74, 6) is 1.01. The maximum absolute atomic E-state index is 2.59. The van der Waals surface area contributed by atoms with Crippen LogP contribution in [0.2, 0.25) is 0 Å². The second-order valence-corrected chi connectivity index (χ2v) is 14.0. The minimum absolute atomic E-state index is 0.266. The fourth-order valence-corrected chi connectivity index (χ4v) is 8.90. The summed E-state index contributed by atoms with van der Waals surface area (Å²) in [5.41, 5.74) is 14.5. The van der Waals surface area contributed by atoms with E-state index in [1.54, 1.807) is 0 Å². The summed E-state index contributed by atoms with van der Waals surface area (Å²) in [6.07, 6.45) is 24.5. The molecule has 0 amide bonds. The van der Waals surface area contributed by atoms with Gasteiger partial charge >= 0.3 is 0 Å². The highest BCUT2D eigenvalue weighted by atomic mass is 15.2. The van der Waals surface area contributed by atoms with Gasteiger partial charge in [-0.05, 0) is 75.7 Å². The summed E-state index contributed by atoms with van der Waals surface area (Å²) in [6, 6.07) is 47.4. The van der Waals surface area contributed by atoms with Crippen LogP contribution in [0, 0.1) is 5.92 Å². The largest absolute Gasteiger partial charge is 0.334 e. The molecule has 50 heavy (non-hydrogen) atoms. The van der Waals surface area contributed by atoms with Gasteiger partial charge in [0.1, 0.15) is 0 Å². The van der Waals surface area contributed by atoms with Crippen LogP contribution in [0.1, 0.15) is 29.4 Å². The van der Waals surface area contributed by atoms with Crippen molar-refractivity contribution in [2.75, 3.05) is 9.80 Å². The van der Waals surface area contributed by atoms with Crippen molar-refractivity contribution in [3.8, 4) is 22.3 Å². The molecule has 0 aromatic heterocycles. The zero-order valence-electron chi connectivity index (χ0n) is 27.9. The predicted octanol–water partition coefficient (Wildman–Crippen LogP) is 11.7. The van der Waals surface area contributed by atoms with Gasteiger partial charge in [-0.2, -0.15) is 0 Å². The van der Waals surface area contributed by atoms with Crippen molar-refractivity contribution in [3.63, 3.8) is 0 Å². The van der Waals surface area contributed by atoms with E-state index in [0.29, 0.717) is 17.8 Å². The number of rotatable bonds is 5. The highest BCUT2D eigenvalue weighted by Gasteiger charge is 2.42. The summed E-state index contributed by atoms with van der Waals surface area (Å²) in [6.45, 7) is 0. The number of anilines is 3. The van der Waals surface area contributed by atoms with E-state index in [9.17, 15) is 0 Å². The SMILES string of the molecule is C1=CC2C3=CC(c4ccc5c(c4)C4C=CC=CC4N5c4cccc(-c5ccccc5)c4)CC=C3N(c3cccc(-c4ccccc4)c3)C2C=C1. The fourth-order valence-electron chi connectivity index (χ4n) is 8.90. The maximum atomic E-state index is 2.59. The molecule has 5 aliphatic rings. The van der Waals surface area contributed by atoms with Crippen LogP contribution in [-0.2, 0) is 0 Å². The fraction of sp³-hybridized carbons (Fsp3) is 0.125. The molecule has 0 saturated carbocycles. The minimum atomic E-state index is 0.266. The zero-order chi connectivity index (χ0) is 33.0. The van der Waals surface area contributed by atoms with Crippen LogP contribution < -0.4 is 9.80 Å². The second-order valence-electron chi connectivity index (χ2n) is 14.0. The molecule has 2 nitrogen and oxygen atoms in total. The van der Waals surface area contributed by atoms with Gasteiger partial charge in [0.25, 0.3) is 0 Å². The second kappa shape index (κ2) is 11.9. The Balaban J connectivity index is 0.996. The molecule has 5 atom stereocenters. The van der Waals surface area contributed by atoms with Gasteiger partial charge in [-0.25, -0.2) is 0 Å². The van der Waals surface area contributed by atoms with Crippen molar-refractivity contribution in [2.45, 2.75) is 30.3 Å². The van der Waals surface area contributed by atoms with Gasteiger partial charge < -0.3 is 9.80 Å². The third-order valence-corrected chi connectivity index (χ3v) is 11.2. The molecule has 1 fully saturated rings. The van der Waals surface area contributed by atoms with Crippen LogP contribution in [0.15, 0.2) is 199 Å². The van der Waals surface area contributed by atoms with Crippen molar-refractivity contribution in [3.05, 3.63) is 211 Å². The molecule has 2 heteroatoms. The number of hydrogen-bond acceptors (Lipinski definition) is 2. The molecule has 1 saturated heterocycles. The van der Waals surface area contributed by atoms with Crippen LogP contribution >= 0.6 is 0 Å². The molecule has 0 bridgehead atoms. The Kier molecular flexibility index (Phi) is 6.94. The highest BCUT2D eigenvalue weighted by molar-refractivity contribution is 5.79. The van der Waals surface area contributed by atoms with Crippen molar-refractivity contribution >= 4 is 17.1 Å². The van der Waals surface area contributed by atoms with Crippen LogP contribution in [0.25, 0.3) is 22.3 Å². The van der Waals surface area contributed by atoms with E-state index in [2.05, 4.69) is 198 Å². The monoisotopic (exact) mass is 642 g/mol. The van der Waals surface area contributed by atoms with Gasteiger partial charge in [0.05, 0.1) is 12.1 Å². The lowest BCUT2D eigenvalue weighted by atomic mass is 9.82. The highest BCUT2D eigenvalue weighted by Crippen LogP contribution is 2.51. The van der Waals surface area contributed by atoms with E-state index in [1.807, 2.05) is 0 Å². The lowest BCUT2D eigenvalue weighted by Crippen LogP contribution is -2.30. The van der Waals surface area contributed by atoms with E-state index in [0.717, 1.165) is 6.42 Å². The molecular formula is C48H38N2. The number of nitrogens with zero attached hydrogens (tertiary/aromatic N) is 2. The van der Waals surface area contributed by atoms with Crippen LogP contribution in [0.3, 0.4) is 0 Å². The van der Waals surface area contributed by atoms with Gasteiger partial charge in [0, 0.05) is 40.5 Å². The summed E-state index contributed by atoms with van der Waals surface area (Å²) >= 11 is 0. The van der Waals surface area contributed by atoms with E-state index in [-0.39, 0.29) is 12.1 Å². The van der Waals surface area contributed by atoms with E-state index >= 15 is 0 Å². The Hall–Kier alpha value is -5.86. The van der Waals surface area contributed by atoms with Crippen molar-refractivity contribution < 1.29 is 0 Å². The van der Waals surface area contributed by atoms with Crippen molar-refractivity contribution in [2.24, 2.45) is 5.92 Å². The van der Waals surface area contributed by atoms with Crippen molar-refractivity contribution in [1.82, 2.24) is 0 Å². The third kappa shape index (κ3) is 4.78. The topological polar surface area (TPSA) is 6.48 Å². The summed E-state index contributed by atoms with van der Waals surface area (Å²) in [7, 11) is 0. The number of fused-ring (bicyclic) bond motifs is 6. The standard InChI is InChI=1S/C48H38N2/c1-3-13-33(14-4-1)35-17-11-19-39(29-35)49-45-23-9-7-21-41(45)43-31-37(25-27-47(43)49)38-26-28-48-44(32-38)42-22-8-10-24-46(42)50(48)40-20-12-18-36(30-40)34-15-5-2-6-16-34/h1-25,27-32,38,41-42,45-46H,26H2. The number of allylic oxidation sites excluding steroid dienone is 7. The normalized spacial score (nSPS) is 24.0. The Morgan fingerprint density at radius 2 is 1.06 bits per heavy atom. The average Bonchev–Trinajstić information content (AvgIpc) is 3.71. The van der Waals surface area contributed by atoms with Gasteiger partial charge in [-0.1, -0.05) is 158 Å². The Bertz CT molecular complexity index is 2290. The molecule has 2 aliphatic heterocycles. The van der Waals surface area contributed by atoms with Crippen molar-refractivity contribution in [1.29, 1.82) is 0 Å². The predicted molar refractivity (Wildman–Crippen MR) is 209 cm³/mol. The van der Waals surface area contributed by atoms with Crippen LogP contribution in [0.5, 0.6) is 0 Å². The quantitative estimate of drug-likeness (QED) is 0.188. The van der Waals surface area contributed by atoms with Gasteiger partial charge in [-0.3, -0.25) is 0 Å². The van der Waals surface area contributed by atoms with E-state index in [4.69, 9.17) is 0 Å². The molecule has 0 spiro atoms. The lowest BCUT2D eigenvalue weighted by Gasteiger charge is -2.29. The van der Waals surface area contributed by atoms with Gasteiger partial charge in [0.2, 0.25) is 0 Å². The van der Waals surface area contributed by atoms with E-state index in [1.165, 1.54) is 61.7 Å². The third-order valence-electron chi connectivity index (χ3n) is 11.2. The first-order chi connectivity index (χ1) is 24.8. The first-order valence-electron chi connectivity index (χ1n) is 18.0. The lowest BCUT2D eigenvalue weighted by molar-refractivity contribution is 0.699. The molecule has 2 heterocycles. The molecule has 3 aliphatic carbocycles. The van der Waals surface area contributed by atoms with Crippen LogP contribution in [0.4, 0.5) is 17.1 Å². The summed E-state index contributed by atoms with van der Waals surface area (Å²) in [5, 5.41) is 0. The smallest absolute Gasteiger partial charge is 0.0629 e. The average molecular weight is 643 g/mol. The molecule has 5 aromatic carbocycles. The molecule has 10 rings (SSSR count). The van der Waals surface area contributed by atoms with Gasteiger partial charge in [-0.15, -0.1) is 0 Å². The zero-order valence-corrected chi connectivity index (χ0v) is 27.9. The molecule has 5 unspecified atom stereocenters. The summed E-state index contributed by atoms with van der Waals surface area (Å²) < 4.78 is 0. The molecule has 0 radical (unpaired) electrons. The minimum Gasteiger partial charge on any atom is -0.334 e. The molecule has 0 N–H and O–H groups in total. The van der Waals surface area contributed by atoms with Gasteiger partial charge in [0.15, 0.2) is 0 Å².